The van der Waals surface area contributed by atoms with Crippen LogP contribution in [0.5, 0.6) is 5.75 Å². The van der Waals surface area contributed by atoms with Crippen molar-refractivity contribution in [3.8, 4) is 5.75 Å². The molecule has 0 aromatic heterocycles. The van der Waals surface area contributed by atoms with Crippen LogP contribution in [-0.2, 0) is 22.4 Å². The number of carbonyl (C=O) groups is 2. The molecule has 172 valence electrons. The second kappa shape index (κ2) is 8.82. The third-order valence-corrected chi connectivity index (χ3v) is 6.59. The monoisotopic (exact) mass is 453 g/mol. The predicted octanol–water partition coefficient (Wildman–Crippen LogP) is 4.98. The smallest absolute Gasteiger partial charge is 0.295 e. The lowest BCUT2D eigenvalue weighted by Gasteiger charge is -2.25. The van der Waals surface area contributed by atoms with E-state index in [-0.39, 0.29) is 17.4 Å². The van der Waals surface area contributed by atoms with Gasteiger partial charge in [0, 0.05) is 18.5 Å². The number of aryl methyl sites for hydroxylation is 1. The lowest BCUT2D eigenvalue weighted by Crippen LogP contribution is -2.31. The molecule has 1 amide bonds. The number of ether oxygens (including phenoxy) is 1. The molecule has 2 atom stereocenters. The molecule has 3 aromatic carbocycles. The zero-order chi connectivity index (χ0) is 23.8. The molecule has 1 fully saturated rings. The first kappa shape index (κ1) is 22.0. The minimum Gasteiger partial charge on any atom is -0.507 e. The van der Waals surface area contributed by atoms with Gasteiger partial charge in [-0.05, 0) is 55.2 Å². The maximum atomic E-state index is 13.2. The summed E-state index contributed by atoms with van der Waals surface area (Å²) in [5.74, 6) is -0.585. The number of hydrogen-bond donors (Lipinski definition) is 1. The topological polar surface area (TPSA) is 66.8 Å². The highest BCUT2D eigenvalue weighted by Crippen LogP contribution is 2.40. The van der Waals surface area contributed by atoms with Gasteiger partial charge < -0.3 is 14.7 Å². The fraction of sp³-hybridized carbons (Fsp3) is 0.241. The van der Waals surface area contributed by atoms with E-state index >= 15 is 0 Å². The Kier molecular flexibility index (Phi) is 5.70. The van der Waals surface area contributed by atoms with Crippen molar-refractivity contribution in [2.75, 3.05) is 6.54 Å². The van der Waals surface area contributed by atoms with E-state index < -0.39 is 17.7 Å². The molecule has 34 heavy (non-hydrogen) atoms. The van der Waals surface area contributed by atoms with Crippen LogP contribution in [0.3, 0.4) is 0 Å². The van der Waals surface area contributed by atoms with Crippen LogP contribution in [0.15, 0.2) is 78.4 Å². The largest absolute Gasteiger partial charge is 0.507 e. The summed E-state index contributed by atoms with van der Waals surface area (Å²) in [5, 5.41) is 11.3. The van der Waals surface area contributed by atoms with Crippen molar-refractivity contribution in [3.63, 3.8) is 0 Å². The fourth-order valence-corrected chi connectivity index (χ4v) is 4.83. The van der Waals surface area contributed by atoms with Crippen molar-refractivity contribution < 1.29 is 19.4 Å². The second-order valence-electron chi connectivity index (χ2n) is 9.09. The minimum absolute atomic E-state index is 0.0727. The number of benzene rings is 3. The highest BCUT2D eigenvalue weighted by molar-refractivity contribution is 6.46. The van der Waals surface area contributed by atoms with E-state index in [0.29, 0.717) is 18.5 Å². The minimum atomic E-state index is -0.652. The number of hydrogen-bond acceptors (Lipinski definition) is 4. The molecule has 0 spiro atoms. The van der Waals surface area contributed by atoms with E-state index in [1.54, 1.807) is 11.0 Å². The molecule has 5 nitrogen and oxygen atoms in total. The van der Waals surface area contributed by atoms with Crippen LogP contribution in [-0.4, -0.2) is 34.3 Å². The summed E-state index contributed by atoms with van der Waals surface area (Å²) in [7, 11) is 0. The van der Waals surface area contributed by atoms with Gasteiger partial charge in [-0.15, -0.1) is 0 Å². The van der Waals surface area contributed by atoms with Crippen molar-refractivity contribution >= 4 is 17.4 Å². The normalized spacial score (nSPS) is 20.9. The standard InChI is InChI=1S/C29H27NO4/c1-18-8-10-21(11-9-18)26-25(27(31)22-12-13-24-23(17-22)16-19(2)34-24)28(32)29(33)30(26)15-14-20-6-4-3-5-7-20/h3-13,17,19,26,31H,14-16H2,1-2H3/b27-25+/t19-,26-/m1/s1. The maximum Gasteiger partial charge on any atom is 0.295 e. The highest BCUT2D eigenvalue weighted by atomic mass is 16.5. The van der Waals surface area contributed by atoms with Gasteiger partial charge in [0.15, 0.2) is 0 Å². The van der Waals surface area contributed by atoms with Gasteiger partial charge in [-0.2, -0.15) is 0 Å². The van der Waals surface area contributed by atoms with Crippen LogP contribution in [0.2, 0.25) is 0 Å². The Morgan fingerprint density at radius 2 is 1.76 bits per heavy atom. The van der Waals surface area contributed by atoms with Gasteiger partial charge in [-0.1, -0.05) is 60.2 Å². The van der Waals surface area contributed by atoms with Crippen LogP contribution in [0.1, 0.15) is 40.8 Å². The summed E-state index contributed by atoms with van der Waals surface area (Å²) in [4.78, 5) is 28.0. The molecular formula is C29H27NO4. The quantitative estimate of drug-likeness (QED) is 0.336. The third kappa shape index (κ3) is 3.98. The van der Waals surface area contributed by atoms with Gasteiger partial charge in [0.2, 0.25) is 0 Å². The summed E-state index contributed by atoms with van der Waals surface area (Å²) in [6.45, 7) is 4.36. The number of Topliss-reactive ketones (excluding diaryl/α,β-unsaturated/α-hetero) is 1. The van der Waals surface area contributed by atoms with Crippen LogP contribution < -0.4 is 4.74 Å². The molecule has 0 saturated carbocycles. The number of rotatable bonds is 5. The number of fused-ring (bicyclic) bond motifs is 1. The molecule has 0 aliphatic carbocycles. The Morgan fingerprint density at radius 3 is 2.50 bits per heavy atom. The summed E-state index contributed by atoms with van der Waals surface area (Å²) >= 11 is 0. The van der Waals surface area contributed by atoms with Crippen molar-refractivity contribution in [2.45, 2.75) is 38.8 Å². The predicted molar refractivity (Wildman–Crippen MR) is 131 cm³/mol. The Bertz CT molecular complexity index is 1280. The fourth-order valence-electron chi connectivity index (χ4n) is 4.83. The molecule has 5 heteroatoms. The van der Waals surface area contributed by atoms with E-state index in [1.165, 1.54) is 0 Å². The number of amides is 1. The van der Waals surface area contributed by atoms with Crippen molar-refractivity contribution in [2.24, 2.45) is 0 Å². The number of aliphatic hydroxyl groups excluding tert-OH is 1. The molecule has 1 saturated heterocycles. The molecular weight excluding hydrogens is 426 g/mol. The summed E-state index contributed by atoms with van der Waals surface area (Å²) in [6, 6.07) is 22.4. The van der Waals surface area contributed by atoms with E-state index in [4.69, 9.17) is 4.74 Å². The molecule has 0 unspecified atom stereocenters. The molecule has 0 bridgehead atoms. The molecule has 5 rings (SSSR count). The SMILES string of the molecule is Cc1ccc([C@@H]2/C(=C(\O)c3ccc4c(c3)C[C@@H](C)O4)C(=O)C(=O)N2CCc2ccccc2)cc1. The van der Waals surface area contributed by atoms with E-state index in [9.17, 15) is 14.7 Å². The van der Waals surface area contributed by atoms with Gasteiger partial charge in [0.1, 0.15) is 17.6 Å². The van der Waals surface area contributed by atoms with Gasteiger partial charge >= 0.3 is 0 Å². The Hall–Kier alpha value is -3.86. The van der Waals surface area contributed by atoms with Crippen LogP contribution in [0.25, 0.3) is 5.76 Å². The van der Waals surface area contributed by atoms with Crippen molar-refractivity contribution in [1.82, 2.24) is 4.90 Å². The molecule has 3 aromatic rings. The Balaban J connectivity index is 1.57. The van der Waals surface area contributed by atoms with Crippen LogP contribution in [0, 0.1) is 6.92 Å². The van der Waals surface area contributed by atoms with Crippen molar-refractivity contribution in [1.29, 1.82) is 0 Å². The first-order valence-corrected chi connectivity index (χ1v) is 11.6. The summed E-state index contributed by atoms with van der Waals surface area (Å²) < 4.78 is 5.77. The lowest BCUT2D eigenvalue weighted by molar-refractivity contribution is -0.139. The average molecular weight is 454 g/mol. The van der Waals surface area contributed by atoms with E-state index in [2.05, 4.69) is 0 Å². The number of nitrogens with zero attached hydrogens (tertiary/aromatic N) is 1. The molecule has 2 aliphatic rings. The number of carbonyl (C=O) groups excluding carboxylic acids is 2. The maximum absolute atomic E-state index is 13.2. The first-order valence-electron chi connectivity index (χ1n) is 11.6. The molecule has 0 radical (unpaired) electrons. The summed E-state index contributed by atoms with van der Waals surface area (Å²) in [6.07, 6.45) is 1.43. The number of likely N-dealkylation sites (tertiary alicyclic amines) is 1. The molecule has 2 aliphatic heterocycles. The number of ketones is 1. The Morgan fingerprint density at radius 1 is 1.03 bits per heavy atom. The van der Waals surface area contributed by atoms with Crippen LogP contribution in [0.4, 0.5) is 0 Å². The number of aliphatic hydroxyl groups is 1. The van der Waals surface area contributed by atoms with E-state index in [1.807, 2.05) is 80.6 Å². The first-order chi connectivity index (χ1) is 16.4. The van der Waals surface area contributed by atoms with Crippen LogP contribution >= 0.6 is 0 Å². The summed E-state index contributed by atoms with van der Waals surface area (Å²) in [5.41, 5.74) is 4.61. The third-order valence-electron chi connectivity index (χ3n) is 6.59. The van der Waals surface area contributed by atoms with Gasteiger partial charge in [-0.3, -0.25) is 9.59 Å². The molecule has 1 N–H and O–H groups in total. The van der Waals surface area contributed by atoms with Gasteiger partial charge in [0.05, 0.1) is 11.6 Å². The van der Waals surface area contributed by atoms with Gasteiger partial charge in [-0.25, -0.2) is 0 Å². The zero-order valence-electron chi connectivity index (χ0n) is 19.3. The zero-order valence-corrected chi connectivity index (χ0v) is 19.3. The Labute approximate surface area is 199 Å². The highest BCUT2D eigenvalue weighted by Gasteiger charge is 2.45. The van der Waals surface area contributed by atoms with E-state index in [0.717, 1.165) is 34.4 Å². The second-order valence-corrected chi connectivity index (χ2v) is 9.09. The molecule has 2 heterocycles. The lowest BCUT2D eigenvalue weighted by atomic mass is 9.94. The van der Waals surface area contributed by atoms with Crippen molar-refractivity contribution in [3.05, 3.63) is 106 Å². The van der Waals surface area contributed by atoms with Gasteiger partial charge in [0.25, 0.3) is 11.7 Å². The average Bonchev–Trinajstić information content (AvgIpc) is 3.34.